The lowest BCUT2D eigenvalue weighted by atomic mass is 10.2. The van der Waals surface area contributed by atoms with Crippen molar-refractivity contribution in [2.24, 2.45) is 7.05 Å². The van der Waals surface area contributed by atoms with Crippen molar-refractivity contribution in [2.75, 3.05) is 13.1 Å². The fourth-order valence-corrected chi connectivity index (χ4v) is 3.24. The molecule has 0 saturated carbocycles. The van der Waals surface area contributed by atoms with E-state index in [0.29, 0.717) is 30.7 Å². The van der Waals surface area contributed by atoms with Crippen molar-refractivity contribution < 1.29 is 9.53 Å². The SMILES string of the molecule is Cn1nc(C(=O)N2CCC(OCc3ccccc3)C2)c2nc[nH]c(=O)c21. The van der Waals surface area contributed by atoms with Crippen molar-refractivity contribution in [3.05, 3.63) is 58.3 Å². The van der Waals surface area contributed by atoms with Gasteiger partial charge in [0.2, 0.25) is 0 Å². The molecule has 134 valence electrons. The van der Waals surface area contributed by atoms with E-state index in [1.165, 1.54) is 11.0 Å². The predicted molar refractivity (Wildman–Crippen MR) is 94.7 cm³/mol. The minimum Gasteiger partial charge on any atom is -0.372 e. The molecule has 4 rings (SSSR count). The lowest BCUT2D eigenvalue weighted by Gasteiger charge is -2.15. The van der Waals surface area contributed by atoms with E-state index in [9.17, 15) is 9.59 Å². The van der Waals surface area contributed by atoms with Crippen LogP contribution in [0.2, 0.25) is 0 Å². The number of aryl methyl sites for hydroxylation is 1. The summed E-state index contributed by atoms with van der Waals surface area (Å²) in [7, 11) is 1.63. The summed E-state index contributed by atoms with van der Waals surface area (Å²) in [5.74, 6) is -0.223. The van der Waals surface area contributed by atoms with E-state index in [1.807, 2.05) is 30.3 Å². The van der Waals surface area contributed by atoms with Gasteiger partial charge in [-0.2, -0.15) is 5.10 Å². The maximum Gasteiger partial charge on any atom is 0.276 e. The Bertz CT molecular complexity index is 995. The Kier molecular flexibility index (Phi) is 4.26. The Balaban J connectivity index is 1.47. The molecule has 26 heavy (non-hydrogen) atoms. The number of fused-ring (bicyclic) bond motifs is 1. The molecule has 1 N–H and O–H groups in total. The Morgan fingerprint density at radius 2 is 2.15 bits per heavy atom. The van der Waals surface area contributed by atoms with Gasteiger partial charge in [-0.3, -0.25) is 14.3 Å². The Labute approximate surface area is 149 Å². The molecule has 3 heterocycles. The highest BCUT2D eigenvalue weighted by Crippen LogP contribution is 2.19. The van der Waals surface area contributed by atoms with Crippen LogP contribution in [0.25, 0.3) is 11.0 Å². The molecule has 2 aromatic heterocycles. The number of hydrogen-bond donors (Lipinski definition) is 1. The third-order valence-corrected chi connectivity index (χ3v) is 4.59. The summed E-state index contributed by atoms with van der Waals surface area (Å²) >= 11 is 0. The van der Waals surface area contributed by atoms with Crippen molar-refractivity contribution in [3.8, 4) is 0 Å². The maximum absolute atomic E-state index is 12.8. The molecule has 8 nitrogen and oxygen atoms in total. The van der Waals surface area contributed by atoms with Crippen LogP contribution in [0.3, 0.4) is 0 Å². The highest BCUT2D eigenvalue weighted by Gasteiger charge is 2.31. The van der Waals surface area contributed by atoms with Crippen LogP contribution in [-0.2, 0) is 18.4 Å². The number of aromatic nitrogens is 4. The van der Waals surface area contributed by atoms with Crippen LogP contribution in [0.15, 0.2) is 41.5 Å². The summed E-state index contributed by atoms with van der Waals surface area (Å²) in [6.07, 6.45) is 2.06. The molecule has 1 saturated heterocycles. The zero-order chi connectivity index (χ0) is 18.1. The van der Waals surface area contributed by atoms with E-state index in [2.05, 4.69) is 15.1 Å². The smallest absolute Gasteiger partial charge is 0.276 e. The van der Waals surface area contributed by atoms with Gasteiger partial charge in [-0.1, -0.05) is 30.3 Å². The molecule has 0 spiro atoms. The number of likely N-dealkylation sites (tertiary alicyclic amines) is 1. The molecule has 8 heteroatoms. The number of aromatic amines is 1. The van der Waals surface area contributed by atoms with Crippen LogP contribution >= 0.6 is 0 Å². The summed E-state index contributed by atoms with van der Waals surface area (Å²) < 4.78 is 7.32. The van der Waals surface area contributed by atoms with Crippen LogP contribution in [0.5, 0.6) is 0 Å². The lowest BCUT2D eigenvalue weighted by molar-refractivity contribution is 0.0436. The molecule has 0 aliphatic carbocycles. The zero-order valence-electron chi connectivity index (χ0n) is 14.4. The molecule has 1 aliphatic heterocycles. The van der Waals surface area contributed by atoms with Crippen molar-refractivity contribution in [2.45, 2.75) is 19.1 Å². The molecule has 3 aromatic rings. The Morgan fingerprint density at radius 1 is 1.35 bits per heavy atom. The maximum atomic E-state index is 12.8. The van der Waals surface area contributed by atoms with Crippen LogP contribution < -0.4 is 5.56 Å². The monoisotopic (exact) mass is 353 g/mol. The van der Waals surface area contributed by atoms with Gasteiger partial charge in [0.05, 0.1) is 19.0 Å². The van der Waals surface area contributed by atoms with Gasteiger partial charge in [0.25, 0.3) is 11.5 Å². The first-order valence-electron chi connectivity index (χ1n) is 8.48. The van der Waals surface area contributed by atoms with Gasteiger partial charge in [-0.25, -0.2) is 4.98 Å². The van der Waals surface area contributed by atoms with Crippen molar-refractivity contribution in [1.82, 2.24) is 24.6 Å². The largest absolute Gasteiger partial charge is 0.372 e. The van der Waals surface area contributed by atoms with Gasteiger partial charge in [-0.05, 0) is 12.0 Å². The van der Waals surface area contributed by atoms with E-state index in [-0.39, 0.29) is 23.3 Å². The molecule has 0 radical (unpaired) electrons. The van der Waals surface area contributed by atoms with Crippen LogP contribution in [-0.4, -0.2) is 49.7 Å². The first-order valence-corrected chi connectivity index (χ1v) is 8.48. The number of hydrogen-bond acceptors (Lipinski definition) is 5. The first kappa shape index (κ1) is 16.5. The second kappa shape index (κ2) is 6.72. The Hall–Kier alpha value is -3.00. The first-order chi connectivity index (χ1) is 12.6. The normalized spacial score (nSPS) is 17.1. The quantitative estimate of drug-likeness (QED) is 0.758. The summed E-state index contributed by atoms with van der Waals surface area (Å²) in [6, 6.07) is 9.95. The molecule has 1 aromatic carbocycles. The summed E-state index contributed by atoms with van der Waals surface area (Å²) in [4.78, 5) is 33.1. The molecule has 1 aliphatic rings. The molecule has 1 atom stereocenters. The third-order valence-electron chi connectivity index (χ3n) is 4.59. The summed E-state index contributed by atoms with van der Waals surface area (Å²) in [5.41, 5.74) is 1.63. The summed E-state index contributed by atoms with van der Waals surface area (Å²) in [6.45, 7) is 1.63. The van der Waals surface area contributed by atoms with Gasteiger partial charge < -0.3 is 14.6 Å². The number of carbonyl (C=O) groups is 1. The van der Waals surface area contributed by atoms with Crippen LogP contribution in [0.1, 0.15) is 22.5 Å². The molecule has 1 unspecified atom stereocenters. The predicted octanol–water partition coefficient (Wildman–Crippen LogP) is 1.09. The van der Waals surface area contributed by atoms with E-state index in [1.54, 1.807) is 11.9 Å². The van der Waals surface area contributed by atoms with Crippen molar-refractivity contribution in [1.29, 1.82) is 0 Å². The molecular formula is C18H19N5O3. The number of rotatable bonds is 4. The van der Waals surface area contributed by atoms with Crippen molar-refractivity contribution in [3.63, 3.8) is 0 Å². The third kappa shape index (κ3) is 2.99. The number of benzene rings is 1. The van der Waals surface area contributed by atoms with E-state index in [4.69, 9.17) is 4.74 Å². The van der Waals surface area contributed by atoms with E-state index < -0.39 is 0 Å². The van der Waals surface area contributed by atoms with Gasteiger partial charge in [-0.15, -0.1) is 0 Å². The molecule has 1 amide bonds. The zero-order valence-corrected chi connectivity index (χ0v) is 14.4. The van der Waals surface area contributed by atoms with Gasteiger partial charge in [0.1, 0.15) is 5.52 Å². The second-order valence-electron chi connectivity index (χ2n) is 6.36. The fourth-order valence-electron chi connectivity index (χ4n) is 3.24. The number of nitrogens with zero attached hydrogens (tertiary/aromatic N) is 4. The number of nitrogens with one attached hydrogen (secondary N) is 1. The lowest BCUT2D eigenvalue weighted by Crippen LogP contribution is -2.30. The summed E-state index contributed by atoms with van der Waals surface area (Å²) in [5, 5.41) is 4.22. The highest BCUT2D eigenvalue weighted by atomic mass is 16.5. The van der Waals surface area contributed by atoms with Crippen LogP contribution in [0, 0.1) is 0 Å². The average Bonchev–Trinajstić information content (AvgIpc) is 3.26. The number of amides is 1. The van der Waals surface area contributed by atoms with Crippen LogP contribution in [0.4, 0.5) is 0 Å². The van der Waals surface area contributed by atoms with Crippen molar-refractivity contribution >= 4 is 16.9 Å². The fraction of sp³-hybridized carbons (Fsp3) is 0.333. The number of H-pyrrole nitrogens is 1. The minimum absolute atomic E-state index is 0.00880. The molecule has 1 fully saturated rings. The van der Waals surface area contributed by atoms with Gasteiger partial charge in [0, 0.05) is 20.1 Å². The average molecular weight is 353 g/mol. The standard InChI is InChI=1S/C18H19N5O3/c1-22-16-14(19-11-20-17(16)24)15(21-22)18(25)23-8-7-13(9-23)26-10-12-5-3-2-4-6-12/h2-6,11,13H,7-10H2,1H3,(H,19,20,24). The van der Waals surface area contributed by atoms with Gasteiger partial charge in [0.15, 0.2) is 11.2 Å². The topological polar surface area (TPSA) is 93.1 Å². The second-order valence-corrected chi connectivity index (χ2v) is 6.36. The van der Waals surface area contributed by atoms with E-state index in [0.717, 1.165) is 12.0 Å². The minimum atomic E-state index is -0.311. The highest BCUT2D eigenvalue weighted by molar-refractivity contribution is 6.03. The van der Waals surface area contributed by atoms with Gasteiger partial charge >= 0.3 is 0 Å². The molecule has 0 bridgehead atoms. The number of ether oxygens (including phenoxy) is 1. The number of carbonyl (C=O) groups excluding carboxylic acids is 1. The Morgan fingerprint density at radius 3 is 2.96 bits per heavy atom. The molecular weight excluding hydrogens is 334 g/mol. The van der Waals surface area contributed by atoms with E-state index >= 15 is 0 Å².